The Morgan fingerprint density at radius 1 is 1.20 bits per heavy atom. The molecule has 2 aromatic carbocycles. The molecule has 0 saturated heterocycles. The lowest BCUT2D eigenvalue weighted by atomic mass is 10.2. The van der Waals surface area contributed by atoms with E-state index < -0.39 is 0 Å². The lowest BCUT2D eigenvalue weighted by Crippen LogP contribution is -2.22. The van der Waals surface area contributed by atoms with Crippen molar-refractivity contribution in [3.05, 3.63) is 64.7 Å². The van der Waals surface area contributed by atoms with Gasteiger partial charge in [0, 0.05) is 17.1 Å². The van der Waals surface area contributed by atoms with Crippen molar-refractivity contribution in [2.75, 3.05) is 6.61 Å². The number of nitrogens with one attached hydrogen (secondary N) is 1. The Labute approximate surface area is 123 Å². The van der Waals surface area contributed by atoms with Crippen LogP contribution in [0.1, 0.15) is 22.8 Å². The molecule has 0 heterocycles. The third-order valence-corrected chi connectivity index (χ3v) is 3.03. The summed E-state index contributed by atoms with van der Waals surface area (Å²) in [7, 11) is 0. The van der Waals surface area contributed by atoms with Gasteiger partial charge >= 0.3 is 0 Å². The molecule has 4 heteroatoms. The van der Waals surface area contributed by atoms with E-state index in [1.54, 1.807) is 24.3 Å². The van der Waals surface area contributed by atoms with Crippen molar-refractivity contribution in [2.45, 2.75) is 13.5 Å². The average Bonchev–Trinajstić information content (AvgIpc) is 2.47. The number of ether oxygens (including phenoxy) is 1. The van der Waals surface area contributed by atoms with E-state index >= 15 is 0 Å². The van der Waals surface area contributed by atoms with E-state index in [0.717, 1.165) is 5.56 Å². The summed E-state index contributed by atoms with van der Waals surface area (Å²) in [5, 5.41) is 3.55. The molecule has 0 fully saturated rings. The van der Waals surface area contributed by atoms with Crippen LogP contribution in [0.2, 0.25) is 5.02 Å². The Morgan fingerprint density at radius 2 is 1.95 bits per heavy atom. The van der Waals surface area contributed by atoms with Gasteiger partial charge in [-0.3, -0.25) is 4.79 Å². The lowest BCUT2D eigenvalue weighted by Gasteiger charge is -2.07. The van der Waals surface area contributed by atoms with Crippen molar-refractivity contribution in [3.63, 3.8) is 0 Å². The van der Waals surface area contributed by atoms with E-state index in [9.17, 15) is 4.79 Å². The van der Waals surface area contributed by atoms with Gasteiger partial charge in [0.2, 0.25) is 0 Å². The predicted molar refractivity (Wildman–Crippen MR) is 80.2 cm³/mol. The van der Waals surface area contributed by atoms with Gasteiger partial charge in [-0.1, -0.05) is 29.8 Å². The van der Waals surface area contributed by atoms with Crippen molar-refractivity contribution < 1.29 is 9.53 Å². The maximum Gasteiger partial charge on any atom is 0.251 e. The first-order chi connectivity index (χ1) is 9.69. The normalized spacial score (nSPS) is 10.1. The van der Waals surface area contributed by atoms with Gasteiger partial charge in [0.1, 0.15) is 5.75 Å². The summed E-state index contributed by atoms with van der Waals surface area (Å²) >= 11 is 5.82. The number of rotatable bonds is 5. The Kier molecular flexibility index (Phi) is 5.02. The number of carbonyl (C=O) groups is 1. The van der Waals surface area contributed by atoms with Crippen LogP contribution in [-0.4, -0.2) is 12.5 Å². The molecule has 1 amide bonds. The summed E-state index contributed by atoms with van der Waals surface area (Å²) in [6, 6.07) is 14.5. The molecule has 0 spiro atoms. The number of hydrogen-bond donors (Lipinski definition) is 1. The zero-order valence-corrected chi connectivity index (χ0v) is 12.0. The zero-order valence-electron chi connectivity index (χ0n) is 11.2. The molecule has 104 valence electrons. The molecule has 0 aromatic heterocycles. The molecular formula is C16H16ClNO2. The van der Waals surface area contributed by atoms with Crippen LogP contribution in [0.4, 0.5) is 0 Å². The second kappa shape index (κ2) is 6.96. The smallest absolute Gasteiger partial charge is 0.251 e. The molecule has 0 bridgehead atoms. The number of amides is 1. The van der Waals surface area contributed by atoms with Crippen LogP contribution in [0.15, 0.2) is 48.5 Å². The van der Waals surface area contributed by atoms with Gasteiger partial charge in [0.05, 0.1) is 6.61 Å². The molecule has 1 N–H and O–H groups in total. The maximum atomic E-state index is 12.0. The van der Waals surface area contributed by atoms with Crippen LogP contribution in [0.5, 0.6) is 5.75 Å². The fourth-order valence-electron chi connectivity index (χ4n) is 1.78. The van der Waals surface area contributed by atoms with E-state index in [1.165, 1.54) is 0 Å². The van der Waals surface area contributed by atoms with Crippen LogP contribution in [0.3, 0.4) is 0 Å². The second-order valence-electron chi connectivity index (χ2n) is 4.27. The molecule has 0 aliphatic carbocycles. The highest BCUT2D eigenvalue weighted by Gasteiger charge is 2.06. The standard InChI is InChI=1S/C16H16ClNO2/c1-2-20-15-5-3-4-13(10-15)16(19)18-11-12-6-8-14(17)9-7-12/h3-10H,2,11H2,1H3,(H,18,19). The highest BCUT2D eigenvalue weighted by atomic mass is 35.5. The molecule has 0 aliphatic heterocycles. The van der Waals surface area contributed by atoms with Crippen molar-refractivity contribution in [3.8, 4) is 5.75 Å². The summed E-state index contributed by atoms with van der Waals surface area (Å²) in [4.78, 5) is 12.0. The summed E-state index contributed by atoms with van der Waals surface area (Å²) in [6.07, 6.45) is 0. The van der Waals surface area contributed by atoms with Gasteiger partial charge in [-0.05, 0) is 42.8 Å². The van der Waals surface area contributed by atoms with Crippen molar-refractivity contribution in [2.24, 2.45) is 0 Å². The molecule has 0 atom stereocenters. The minimum absolute atomic E-state index is 0.124. The van der Waals surface area contributed by atoms with Gasteiger partial charge in [0.15, 0.2) is 0 Å². The van der Waals surface area contributed by atoms with E-state index in [4.69, 9.17) is 16.3 Å². The Morgan fingerprint density at radius 3 is 2.65 bits per heavy atom. The topological polar surface area (TPSA) is 38.3 Å². The van der Waals surface area contributed by atoms with Crippen LogP contribution < -0.4 is 10.1 Å². The van der Waals surface area contributed by atoms with E-state index in [-0.39, 0.29) is 5.91 Å². The van der Waals surface area contributed by atoms with E-state index in [1.807, 2.05) is 31.2 Å². The average molecular weight is 290 g/mol. The second-order valence-corrected chi connectivity index (χ2v) is 4.71. The summed E-state index contributed by atoms with van der Waals surface area (Å²) in [6.45, 7) is 2.96. The van der Waals surface area contributed by atoms with Gasteiger partial charge in [-0.2, -0.15) is 0 Å². The predicted octanol–water partition coefficient (Wildman–Crippen LogP) is 3.67. The van der Waals surface area contributed by atoms with Gasteiger partial charge in [-0.25, -0.2) is 0 Å². The molecular weight excluding hydrogens is 274 g/mol. The fraction of sp³-hybridized carbons (Fsp3) is 0.188. The third kappa shape index (κ3) is 4.00. The summed E-state index contributed by atoms with van der Waals surface area (Å²) in [5.74, 6) is 0.577. The van der Waals surface area contributed by atoms with Gasteiger partial charge in [-0.15, -0.1) is 0 Å². The monoisotopic (exact) mass is 289 g/mol. The van der Waals surface area contributed by atoms with Crippen LogP contribution in [0.25, 0.3) is 0 Å². The van der Waals surface area contributed by atoms with Crippen molar-refractivity contribution >= 4 is 17.5 Å². The highest BCUT2D eigenvalue weighted by Crippen LogP contribution is 2.13. The number of carbonyl (C=O) groups excluding carboxylic acids is 1. The maximum absolute atomic E-state index is 12.0. The molecule has 20 heavy (non-hydrogen) atoms. The van der Waals surface area contributed by atoms with Crippen molar-refractivity contribution in [1.29, 1.82) is 0 Å². The van der Waals surface area contributed by atoms with Crippen LogP contribution in [0, 0.1) is 0 Å². The van der Waals surface area contributed by atoms with Crippen LogP contribution >= 0.6 is 11.6 Å². The highest BCUT2D eigenvalue weighted by molar-refractivity contribution is 6.30. The first-order valence-electron chi connectivity index (χ1n) is 6.44. The largest absolute Gasteiger partial charge is 0.494 e. The van der Waals surface area contributed by atoms with Gasteiger partial charge in [0.25, 0.3) is 5.91 Å². The number of hydrogen-bond acceptors (Lipinski definition) is 2. The first-order valence-corrected chi connectivity index (χ1v) is 6.82. The SMILES string of the molecule is CCOc1cccc(C(=O)NCc2ccc(Cl)cc2)c1. The third-order valence-electron chi connectivity index (χ3n) is 2.77. The molecule has 0 saturated carbocycles. The molecule has 0 unspecified atom stereocenters. The first kappa shape index (κ1) is 14.4. The Hall–Kier alpha value is -2.00. The van der Waals surface area contributed by atoms with Gasteiger partial charge < -0.3 is 10.1 Å². The number of benzene rings is 2. The Bertz CT molecular complexity index is 581. The molecule has 2 aromatic rings. The quantitative estimate of drug-likeness (QED) is 0.912. The molecule has 2 rings (SSSR count). The van der Waals surface area contributed by atoms with Crippen LogP contribution in [-0.2, 0) is 6.54 Å². The van der Waals surface area contributed by atoms with E-state index in [0.29, 0.717) is 29.5 Å². The fourth-order valence-corrected chi connectivity index (χ4v) is 1.91. The molecule has 0 aliphatic rings. The summed E-state index contributed by atoms with van der Waals surface area (Å²) in [5.41, 5.74) is 1.59. The minimum atomic E-state index is -0.124. The zero-order chi connectivity index (χ0) is 14.4. The molecule has 0 radical (unpaired) electrons. The number of halogens is 1. The molecule has 3 nitrogen and oxygen atoms in total. The minimum Gasteiger partial charge on any atom is -0.494 e. The van der Waals surface area contributed by atoms with Crippen molar-refractivity contribution in [1.82, 2.24) is 5.32 Å². The lowest BCUT2D eigenvalue weighted by molar-refractivity contribution is 0.0950. The Balaban J connectivity index is 1.97. The summed E-state index contributed by atoms with van der Waals surface area (Å²) < 4.78 is 5.38. The van der Waals surface area contributed by atoms with E-state index in [2.05, 4.69) is 5.32 Å².